The summed E-state index contributed by atoms with van der Waals surface area (Å²) in [7, 11) is 1.57. The minimum Gasteiger partial charge on any atom is -0.494 e. The van der Waals surface area contributed by atoms with E-state index >= 15 is 0 Å². The van der Waals surface area contributed by atoms with Gasteiger partial charge in [0, 0.05) is 28.7 Å². The zero-order valence-corrected chi connectivity index (χ0v) is 21.4. The number of rotatable bonds is 7. The van der Waals surface area contributed by atoms with E-state index in [9.17, 15) is 9.59 Å². The Bertz CT molecular complexity index is 1570. The number of nitrogens with one attached hydrogen (secondary N) is 2. The van der Waals surface area contributed by atoms with Crippen molar-refractivity contribution in [2.45, 2.75) is 13.5 Å². The number of methoxy groups -OCH3 is 1. The van der Waals surface area contributed by atoms with Crippen LogP contribution in [0.5, 0.6) is 5.75 Å². The number of anilines is 1. The summed E-state index contributed by atoms with van der Waals surface area (Å²) in [6, 6.07) is 29.2. The maximum absolute atomic E-state index is 12.9. The third kappa shape index (κ3) is 5.39. The largest absolute Gasteiger partial charge is 0.494 e. The molecule has 5 nitrogen and oxygen atoms in total. The van der Waals surface area contributed by atoms with Gasteiger partial charge in [0.05, 0.1) is 7.11 Å². The maximum Gasteiger partial charge on any atom is 0.265 e. The van der Waals surface area contributed by atoms with Gasteiger partial charge in [-0.25, -0.2) is 0 Å². The second-order valence-electron chi connectivity index (χ2n) is 8.77. The zero-order chi connectivity index (χ0) is 25.8. The lowest BCUT2D eigenvalue weighted by molar-refractivity contribution is 0.0951. The van der Waals surface area contributed by atoms with Crippen molar-refractivity contribution in [1.29, 1.82) is 0 Å². The number of thiophene rings is 1. The Labute approximate surface area is 219 Å². The Morgan fingerprint density at radius 1 is 0.838 bits per heavy atom. The van der Waals surface area contributed by atoms with Crippen LogP contribution in [-0.4, -0.2) is 18.9 Å². The molecular formula is C31H26N2O3S. The van der Waals surface area contributed by atoms with Gasteiger partial charge < -0.3 is 15.4 Å². The van der Waals surface area contributed by atoms with E-state index in [0.717, 1.165) is 27.5 Å². The van der Waals surface area contributed by atoms with E-state index in [-0.39, 0.29) is 11.8 Å². The molecule has 0 spiro atoms. The van der Waals surface area contributed by atoms with E-state index in [1.54, 1.807) is 7.11 Å². The van der Waals surface area contributed by atoms with Gasteiger partial charge in [-0.2, -0.15) is 0 Å². The van der Waals surface area contributed by atoms with Crippen molar-refractivity contribution in [2.24, 2.45) is 0 Å². The molecule has 2 N–H and O–H groups in total. The first kappa shape index (κ1) is 24.3. The van der Waals surface area contributed by atoms with E-state index in [1.165, 1.54) is 16.9 Å². The van der Waals surface area contributed by atoms with Gasteiger partial charge in [0.15, 0.2) is 0 Å². The monoisotopic (exact) mass is 506 g/mol. The standard InChI is InChI=1S/C31H26N2O3S/c1-20-7-9-21(10-8-20)18-32-31(35)29-28(36-2)27(19-37-29)23-13-15-26(16-14-23)33-30(34)25-12-11-22-5-3-4-6-24(22)17-25/h3-17,19H,18H2,1-2H3,(H,32,35)(H,33,34). The molecule has 0 saturated carbocycles. The topological polar surface area (TPSA) is 67.4 Å². The van der Waals surface area contributed by atoms with Crippen molar-refractivity contribution in [2.75, 3.05) is 12.4 Å². The summed E-state index contributed by atoms with van der Waals surface area (Å²) in [6.07, 6.45) is 0. The van der Waals surface area contributed by atoms with Crippen LogP contribution in [-0.2, 0) is 6.54 Å². The number of carbonyl (C=O) groups is 2. The summed E-state index contributed by atoms with van der Waals surface area (Å²) in [5.41, 5.74) is 5.24. The summed E-state index contributed by atoms with van der Waals surface area (Å²) in [4.78, 5) is 26.2. The highest BCUT2D eigenvalue weighted by Gasteiger charge is 2.20. The Balaban J connectivity index is 1.28. The van der Waals surface area contributed by atoms with Crippen LogP contribution in [0, 0.1) is 6.92 Å². The number of aryl methyl sites for hydroxylation is 1. The number of ether oxygens (including phenoxy) is 1. The minimum atomic E-state index is -0.173. The molecule has 1 heterocycles. The first-order valence-electron chi connectivity index (χ1n) is 11.9. The fraction of sp³-hybridized carbons (Fsp3) is 0.0968. The van der Waals surface area contributed by atoms with Gasteiger partial charge in [0.2, 0.25) is 0 Å². The fourth-order valence-corrected chi connectivity index (χ4v) is 5.10. The summed E-state index contributed by atoms with van der Waals surface area (Å²) in [5, 5.41) is 9.97. The van der Waals surface area contributed by atoms with Gasteiger partial charge in [-0.05, 0) is 53.1 Å². The van der Waals surface area contributed by atoms with Gasteiger partial charge in [-0.15, -0.1) is 11.3 Å². The molecule has 0 fully saturated rings. The molecule has 4 aromatic carbocycles. The summed E-state index contributed by atoms with van der Waals surface area (Å²) < 4.78 is 5.63. The van der Waals surface area contributed by atoms with E-state index in [1.807, 2.05) is 103 Å². The molecule has 0 saturated heterocycles. The molecular weight excluding hydrogens is 480 g/mol. The lowest BCUT2D eigenvalue weighted by Crippen LogP contribution is -2.22. The van der Waals surface area contributed by atoms with Crippen LogP contribution < -0.4 is 15.4 Å². The van der Waals surface area contributed by atoms with E-state index < -0.39 is 0 Å². The predicted octanol–water partition coefficient (Wildman–Crippen LogP) is 7.07. The first-order chi connectivity index (χ1) is 18.0. The zero-order valence-electron chi connectivity index (χ0n) is 20.6. The van der Waals surface area contributed by atoms with Crippen molar-refractivity contribution < 1.29 is 14.3 Å². The van der Waals surface area contributed by atoms with Crippen LogP contribution >= 0.6 is 11.3 Å². The minimum absolute atomic E-state index is 0.167. The molecule has 37 heavy (non-hydrogen) atoms. The molecule has 6 heteroatoms. The van der Waals surface area contributed by atoms with Crippen LogP contribution in [0.4, 0.5) is 5.69 Å². The highest BCUT2D eigenvalue weighted by molar-refractivity contribution is 7.13. The number of hydrogen-bond acceptors (Lipinski definition) is 4. The predicted molar refractivity (Wildman–Crippen MR) is 151 cm³/mol. The van der Waals surface area contributed by atoms with Gasteiger partial charge in [0.25, 0.3) is 11.8 Å². The molecule has 0 aliphatic heterocycles. The van der Waals surface area contributed by atoms with Crippen LogP contribution in [0.25, 0.3) is 21.9 Å². The van der Waals surface area contributed by atoms with Crippen LogP contribution in [0.3, 0.4) is 0 Å². The van der Waals surface area contributed by atoms with Crippen molar-refractivity contribution >= 4 is 39.6 Å². The average Bonchev–Trinajstić information content (AvgIpc) is 3.37. The highest BCUT2D eigenvalue weighted by atomic mass is 32.1. The van der Waals surface area contributed by atoms with Crippen LogP contribution in [0.15, 0.2) is 96.4 Å². The SMILES string of the molecule is COc1c(-c2ccc(NC(=O)c3ccc4ccccc4c3)cc2)csc1C(=O)NCc1ccc(C)cc1. The number of fused-ring (bicyclic) bond motifs is 1. The molecule has 0 unspecified atom stereocenters. The Kier molecular flexibility index (Phi) is 7.01. The molecule has 184 valence electrons. The normalized spacial score (nSPS) is 10.8. The molecule has 5 rings (SSSR count). The van der Waals surface area contributed by atoms with Crippen LogP contribution in [0.2, 0.25) is 0 Å². The number of benzene rings is 4. The molecule has 2 amide bonds. The Hall–Kier alpha value is -4.42. The van der Waals surface area contributed by atoms with Crippen molar-refractivity contribution in [3.63, 3.8) is 0 Å². The number of carbonyl (C=O) groups excluding carboxylic acids is 2. The fourth-order valence-electron chi connectivity index (χ4n) is 4.14. The quantitative estimate of drug-likeness (QED) is 0.248. The third-order valence-corrected chi connectivity index (χ3v) is 7.15. The van der Waals surface area contributed by atoms with E-state index in [0.29, 0.717) is 28.4 Å². The van der Waals surface area contributed by atoms with Gasteiger partial charge in [0.1, 0.15) is 10.6 Å². The molecule has 0 aliphatic carbocycles. The van der Waals surface area contributed by atoms with Crippen molar-refractivity contribution in [1.82, 2.24) is 5.32 Å². The van der Waals surface area contributed by atoms with Gasteiger partial charge >= 0.3 is 0 Å². The van der Waals surface area contributed by atoms with Gasteiger partial charge in [-0.1, -0.05) is 72.3 Å². The number of amides is 2. The molecule has 0 atom stereocenters. The summed E-state index contributed by atoms with van der Waals surface area (Å²) in [5.74, 6) is 0.200. The molecule has 1 aromatic heterocycles. The Morgan fingerprint density at radius 3 is 2.30 bits per heavy atom. The second-order valence-corrected chi connectivity index (χ2v) is 9.65. The molecule has 0 aliphatic rings. The maximum atomic E-state index is 12.9. The lowest BCUT2D eigenvalue weighted by Gasteiger charge is -2.09. The van der Waals surface area contributed by atoms with E-state index in [2.05, 4.69) is 10.6 Å². The van der Waals surface area contributed by atoms with Crippen molar-refractivity contribution in [3.8, 4) is 16.9 Å². The average molecular weight is 507 g/mol. The van der Waals surface area contributed by atoms with E-state index in [4.69, 9.17) is 4.74 Å². The number of hydrogen-bond donors (Lipinski definition) is 2. The summed E-state index contributed by atoms with van der Waals surface area (Å²) in [6.45, 7) is 2.48. The summed E-state index contributed by atoms with van der Waals surface area (Å²) >= 11 is 1.35. The third-order valence-electron chi connectivity index (χ3n) is 6.19. The van der Waals surface area contributed by atoms with Crippen molar-refractivity contribution in [3.05, 3.63) is 118 Å². The smallest absolute Gasteiger partial charge is 0.265 e. The molecule has 0 radical (unpaired) electrons. The van der Waals surface area contributed by atoms with Crippen LogP contribution in [0.1, 0.15) is 31.2 Å². The Morgan fingerprint density at radius 2 is 1.57 bits per heavy atom. The second kappa shape index (κ2) is 10.7. The molecule has 0 bridgehead atoms. The first-order valence-corrected chi connectivity index (χ1v) is 12.8. The highest BCUT2D eigenvalue weighted by Crippen LogP contribution is 2.38. The lowest BCUT2D eigenvalue weighted by atomic mass is 10.1. The molecule has 5 aromatic rings. The van der Waals surface area contributed by atoms with Gasteiger partial charge in [-0.3, -0.25) is 9.59 Å².